The molecular weight excluding hydrogens is 208 g/mol. The first kappa shape index (κ1) is 10.6. The summed E-state index contributed by atoms with van der Waals surface area (Å²) in [7, 11) is 0. The summed E-state index contributed by atoms with van der Waals surface area (Å²) in [4.78, 5) is 0. The van der Waals surface area contributed by atoms with E-state index in [2.05, 4.69) is 47.2 Å². The predicted octanol–water partition coefficient (Wildman–Crippen LogP) is 3.97. The van der Waals surface area contributed by atoms with Crippen molar-refractivity contribution in [3.8, 4) is 11.1 Å². The van der Waals surface area contributed by atoms with Crippen LogP contribution < -0.4 is 0 Å². The van der Waals surface area contributed by atoms with Crippen molar-refractivity contribution >= 4 is 0 Å². The van der Waals surface area contributed by atoms with Gasteiger partial charge >= 0.3 is 0 Å². The van der Waals surface area contributed by atoms with Crippen LogP contribution in [0.3, 0.4) is 0 Å². The van der Waals surface area contributed by atoms with E-state index in [9.17, 15) is 0 Å². The molecule has 17 heavy (non-hydrogen) atoms. The van der Waals surface area contributed by atoms with Gasteiger partial charge in [-0.1, -0.05) is 37.1 Å². The third kappa shape index (κ3) is 1.99. The van der Waals surface area contributed by atoms with Gasteiger partial charge in [-0.2, -0.15) is 5.10 Å². The van der Waals surface area contributed by atoms with E-state index in [0.29, 0.717) is 6.04 Å². The SMILES string of the molecule is Cc1ccccc1-c1cnn(C2CCCC2)c1. The quantitative estimate of drug-likeness (QED) is 0.757. The lowest BCUT2D eigenvalue weighted by Crippen LogP contribution is -2.04. The Hall–Kier alpha value is -1.57. The fraction of sp³-hybridized carbons (Fsp3) is 0.400. The minimum atomic E-state index is 0.632. The fourth-order valence-corrected chi connectivity index (χ4v) is 2.74. The molecule has 0 amide bonds. The number of nitrogens with zero attached hydrogens (tertiary/aromatic N) is 2. The summed E-state index contributed by atoms with van der Waals surface area (Å²) in [6.45, 7) is 2.16. The Balaban J connectivity index is 1.92. The molecule has 0 N–H and O–H groups in total. The molecule has 1 fully saturated rings. The first-order valence-electron chi connectivity index (χ1n) is 6.45. The zero-order valence-electron chi connectivity index (χ0n) is 10.3. The van der Waals surface area contributed by atoms with Crippen molar-refractivity contribution in [2.24, 2.45) is 0 Å². The Bertz CT molecular complexity index is 507. The largest absolute Gasteiger partial charge is 0.269 e. The molecule has 0 bridgehead atoms. The topological polar surface area (TPSA) is 17.8 Å². The molecule has 1 aliphatic rings. The molecular formula is C15H18N2. The second-order valence-electron chi connectivity index (χ2n) is 4.96. The maximum Gasteiger partial charge on any atom is 0.0568 e. The van der Waals surface area contributed by atoms with Crippen molar-refractivity contribution < 1.29 is 0 Å². The van der Waals surface area contributed by atoms with Crippen LogP contribution in [0, 0.1) is 6.92 Å². The normalized spacial score (nSPS) is 16.5. The molecule has 2 nitrogen and oxygen atoms in total. The molecule has 0 unspecified atom stereocenters. The smallest absolute Gasteiger partial charge is 0.0568 e. The van der Waals surface area contributed by atoms with Gasteiger partial charge in [-0.05, 0) is 30.9 Å². The van der Waals surface area contributed by atoms with Crippen molar-refractivity contribution in [1.29, 1.82) is 0 Å². The van der Waals surface area contributed by atoms with Crippen molar-refractivity contribution in [2.45, 2.75) is 38.6 Å². The second-order valence-corrected chi connectivity index (χ2v) is 4.96. The van der Waals surface area contributed by atoms with Gasteiger partial charge in [0.1, 0.15) is 0 Å². The summed E-state index contributed by atoms with van der Waals surface area (Å²) in [6, 6.07) is 9.14. The van der Waals surface area contributed by atoms with Crippen LogP contribution >= 0.6 is 0 Å². The molecule has 1 heterocycles. The van der Waals surface area contributed by atoms with E-state index in [0.717, 1.165) is 0 Å². The maximum absolute atomic E-state index is 4.53. The van der Waals surface area contributed by atoms with E-state index < -0.39 is 0 Å². The Labute approximate surface area is 102 Å². The standard InChI is InChI=1S/C15H18N2/c1-12-6-2-5-9-15(12)13-10-16-17(11-13)14-7-3-4-8-14/h2,5-6,9-11,14H,3-4,7-8H2,1H3. The molecule has 1 saturated carbocycles. The Morgan fingerprint density at radius 2 is 1.94 bits per heavy atom. The van der Waals surface area contributed by atoms with E-state index in [-0.39, 0.29) is 0 Å². The van der Waals surface area contributed by atoms with E-state index >= 15 is 0 Å². The summed E-state index contributed by atoms with van der Waals surface area (Å²) in [5, 5.41) is 4.53. The van der Waals surface area contributed by atoms with Crippen molar-refractivity contribution in [3.05, 3.63) is 42.2 Å². The lowest BCUT2D eigenvalue weighted by Gasteiger charge is -2.08. The zero-order valence-corrected chi connectivity index (χ0v) is 10.3. The van der Waals surface area contributed by atoms with Gasteiger partial charge in [0.25, 0.3) is 0 Å². The number of hydrogen-bond donors (Lipinski definition) is 0. The molecule has 88 valence electrons. The van der Waals surface area contributed by atoms with Crippen molar-refractivity contribution in [2.75, 3.05) is 0 Å². The summed E-state index contributed by atoms with van der Waals surface area (Å²) >= 11 is 0. The van der Waals surface area contributed by atoms with Gasteiger partial charge in [0.2, 0.25) is 0 Å². The van der Waals surface area contributed by atoms with Crippen LogP contribution in [0.4, 0.5) is 0 Å². The van der Waals surface area contributed by atoms with Gasteiger partial charge in [0.15, 0.2) is 0 Å². The first-order chi connectivity index (χ1) is 8.34. The molecule has 3 rings (SSSR count). The lowest BCUT2D eigenvalue weighted by molar-refractivity contribution is 0.467. The van der Waals surface area contributed by atoms with Gasteiger partial charge in [-0.3, -0.25) is 4.68 Å². The Morgan fingerprint density at radius 1 is 1.18 bits per heavy atom. The average molecular weight is 226 g/mol. The van der Waals surface area contributed by atoms with Crippen LogP contribution in [0.25, 0.3) is 11.1 Å². The van der Waals surface area contributed by atoms with Gasteiger partial charge < -0.3 is 0 Å². The third-order valence-corrected chi connectivity index (χ3v) is 3.76. The van der Waals surface area contributed by atoms with E-state index in [1.54, 1.807) is 0 Å². The van der Waals surface area contributed by atoms with Crippen molar-refractivity contribution in [1.82, 2.24) is 9.78 Å². The van der Waals surface area contributed by atoms with Crippen LogP contribution in [-0.2, 0) is 0 Å². The number of rotatable bonds is 2. The van der Waals surface area contributed by atoms with Crippen LogP contribution in [0.15, 0.2) is 36.7 Å². The monoisotopic (exact) mass is 226 g/mol. The minimum absolute atomic E-state index is 0.632. The fourth-order valence-electron chi connectivity index (χ4n) is 2.74. The highest BCUT2D eigenvalue weighted by atomic mass is 15.3. The van der Waals surface area contributed by atoms with E-state index in [1.165, 1.54) is 42.4 Å². The first-order valence-corrected chi connectivity index (χ1v) is 6.45. The summed E-state index contributed by atoms with van der Waals surface area (Å²) in [5.74, 6) is 0. The summed E-state index contributed by atoms with van der Waals surface area (Å²) in [6.07, 6.45) is 9.48. The van der Waals surface area contributed by atoms with Gasteiger partial charge in [0, 0.05) is 11.8 Å². The second kappa shape index (κ2) is 4.36. The third-order valence-electron chi connectivity index (χ3n) is 3.76. The Kier molecular flexibility index (Phi) is 2.71. The molecule has 1 aliphatic carbocycles. The maximum atomic E-state index is 4.53. The number of hydrogen-bond acceptors (Lipinski definition) is 1. The predicted molar refractivity (Wildman–Crippen MR) is 69.9 cm³/mol. The molecule has 0 radical (unpaired) electrons. The molecule has 2 heteroatoms. The molecule has 0 aliphatic heterocycles. The van der Waals surface area contributed by atoms with Gasteiger partial charge in [0.05, 0.1) is 12.2 Å². The average Bonchev–Trinajstić information content (AvgIpc) is 3.00. The number of aromatic nitrogens is 2. The summed E-state index contributed by atoms with van der Waals surface area (Å²) < 4.78 is 2.16. The minimum Gasteiger partial charge on any atom is -0.269 e. The number of aryl methyl sites for hydroxylation is 1. The highest BCUT2D eigenvalue weighted by Gasteiger charge is 2.17. The van der Waals surface area contributed by atoms with Crippen LogP contribution in [0.1, 0.15) is 37.3 Å². The zero-order chi connectivity index (χ0) is 11.7. The highest BCUT2D eigenvalue weighted by molar-refractivity contribution is 5.65. The lowest BCUT2D eigenvalue weighted by atomic mass is 10.0. The molecule has 0 saturated heterocycles. The molecule has 0 atom stereocenters. The summed E-state index contributed by atoms with van der Waals surface area (Å²) in [5.41, 5.74) is 3.87. The van der Waals surface area contributed by atoms with E-state index in [4.69, 9.17) is 0 Å². The van der Waals surface area contributed by atoms with Crippen LogP contribution in [-0.4, -0.2) is 9.78 Å². The van der Waals surface area contributed by atoms with Crippen LogP contribution in [0.2, 0.25) is 0 Å². The molecule has 1 aromatic carbocycles. The number of benzene rings is 1. The van der Waals surface area contributed by atoms with E-state index in [1.807, 2.05) is 6.20 Å². The highest BCUT2D eigenvalue weighted by Crippen LogP contribution is 2.30. The molecule has 1 aromatic heterocycles. The van der Waals surface area contributed by atoms with Gasteiger partial charge in [-0.15, -0.1) is 0 Å². The Morgan fingerprint density at radius 3 is 2.71 bits per heavy atom. The van der Waals surface area contributed by atoms with Gasteiger partial charge in [-0.25, -0.2) is 0 Å². The van der Waals surface area contributed by atoms with Crippen LogP contribution in [0.5, 0.6) is 0 Å². The molecule has 2 aromatic rings. The molecule has 0 spiro atoms. The van der Waals surface area contributed by atoms with Crippen molar-refractivity contribution in [3.63, 3.8) is 0 Å².